The fourth-order valence-electron chi connectivity index (χ4n) is 1.06. The zero-order valence-electron chi connectivity index (χ0n) is 5.84. The standard InChI is InChI=1S/C8H4ClIS2/c9-4-3-12-8-6(11)2-1-5(10)7(4)8/h1-3,11H. The summed E-state index contributed by atoms with van der Waals surface area (Å²) in [5.74, 6) is 0. The summed E-state index contributed by atoms with van der Waals surface area (Å²) in [6, 6.07) is 4.03. The number of benzene rings is 1. The Bertz CT molecular complexity index is 436. The molecule has 62 valence electrons. The van der Waals surface area contributed by atoms with E-state index < -0.39 is 0 Å². The Hall–Kier alpha value is 0.550. The highest BCUT2D eigenvalue weighted by Crippen LogP contribution is 2.36. The summed E-state index contributed by atoms with van der Waals surface area (Å²) in [4.78, 5) is 1.00. The first-order valence-corrected chi connectivity index (χ1v) is 6.02. The third-order valence-electron chi connectivity index (χ3n) is 1.61. The van der Waals surface area contributed by atoms with Crippen molar-refractivity contribution in [2.45, 2.75) is 4.90 Å². The highest BCUT2D eigenvalue weighted by atomic mass is 127. The molecule has 2 aromatic rings. The van der Waals surface area contributed by atoms with Crippen molar-refractivity contribution >= 4 is 68.2 Å². The molecular weight excluding hydrogens is 323 g/mol. The first-order chi connectivity index (χ1) is 5.70. The number of thiophene rings is 1. The molecule has 0 aliphatic rings. The van der Waals surface area contributed by atoms with E-state index in [0.29, 0.717) is 0 Å². The van der Waals surface area contributed by atoms with E-state index >= 15 is 0 Å². The average Bonchev–Trinajstić information content (AvgIpc) is 2.42. The Balaban J connectivity index is 2.98. The van der Waals surface area contributed by atoms with Crippen LogP contribution in [0.3, 0.4) is 0 Å². The molecule has 0 nitrogen and oxygen atoms in total. The van der Waals surface area contributed by atoms with Crippen LogP contribution < -0.4 is 0 Å². The fourth-order valence-corrected chi connectivity index (χ4v) is 3.74. The maximum atomic E-state index is 6.02. The Morgan fingerprint density at radius 3 is 2.83 bits per heavy atom. The highest BCUT2D eigenvalue weighted by Gasteiger charge is 2.07. The predicted octanol–water partition coefficient (Wildman–Crippen LogP) is 4.45. The number of thiol groups is 1. The van der Waals surface area contributed by atoms with Gasteiger partial charge in [0.05, 0.1) is 9.72 Å². The minimum atomic E-state index is 0.829. The lowest BCUT2D eigenvalue weighted by Crippen LogP contribution is -1.73. The van der Waals surface area contributed by atoms with E-state index in [2.05, 4.69) is 35.2 Å². The molecule has 4 heteroatoms. The molecule has 0 saturated carbocycles. The minimum absolute atomic E-state index is 0.829. The van der Waals surface area contributed by atoms with Crippen molar-refractivity contribution < 1.29 is 0 Å². The third kappa shape index (κ3) is 1.36. The number of rotatable bonds is 0. The van der Waals surface area contributed by atoms with Crippen LogP contribution in [0.2, 0.25) is 5.02 Å². The molecule has 0 radical (unpaired) electrons. The van der Waals surface area contributed by atoms with Crippen molar-refractivity contribution in [1.82, 2.24) is 0 Å². The number of halogens is 2. The molecule has 0 unspecified atom stereocenters. The predicted molar refractivity (Wildman–Crippen MR) is 66.8 cm³/mol. The van der Waals surface area contributed by atoms with Crippen molar-refractivity contribution in [3.8, 4) is 0 Å². The summed E-state index contributed by atoms with van der Waals surface area (Å²) in [6.45, 7) is 0. The van der Waals surface area contributed by atoms with E-state index in [-0.39, 0.29) is 0 Å². The van der Waals surface area contributed by atoms with Crippen LogP contribution in [0, 0.1) is 3.57 Å². The summed E-state index contributed by atoms with van der Waals surface area (Å²) >= 11 is 14.3. The maximum Gasteiger partial charge on any atom is 0.0602 e. The molecule has 12 heavy (non-hydrogen) atoms. The Morgan fingerprint density at radius 1 is 1.42 bits per heavy atom. The van der Waals surface area contributed by atoms with Crippen LogP contribution in [-0.4, -0.2) is 0 Å². The van der Waals surface area contributed by atoms with Gasteiger partial charge in [0.1, 0.15) is 0 Å². The number of fused-ring (bicyclic) bond motifs is 1. The van der Waals surface area contributed by atoms with Gasteiger partial charge in [-0.05, 0) is 34.7 Å². The summed E-state index contributed by atoms with van der Waals surface area (Å²) in [7, 11) is 0. The minimum Gasteiger partial charge on any atom is -0.142 e. The van der Waals surface area contributed by atoms with Crippen LogP contribution in [-0.2, 0) is 0 Å². The zero-order chi connectivity index (χ0) is 8.72. The van der Waals surface area contributed by atoms with Crippen molar-refractivity contribution in [2.75, 3.05) is 0 Å². The van der Waals surface area contributed by atoms with E-state index in [4.69, 9.17) is 11.6 Å². The van der Waals surface area contributed by atoms with Crippen LogP contribution in [0.1, 0.15) is 0 Å². The van der Waals surface area contributed by atoms with Crippen molar-refractivity contribution in [1.29, 1.82) is 0 Å². The second-order valence-electron chi connectivity index (χ2n) is 2.35. The Labute approximate surface area is 98.5 Å². The maximum absolute atomic E-state index is 6.02. The van der Waals surface area contributed by atoms with Crippen molar-refractivity contribution in [2.24, 2.45) is 0 Å². The molecule has 0 aliphatic carbocycles. The van der Waals surface area contributed by atoms with Gasteiger partial charge >= 0.3 is 0 Å². The molecule has 0 amide bonds. The summed E-state index contributed by atoms with van der Waals surface area (Å²) < 4.78 is 2.36. The van der Waals surface area contributed by atoms with Gasteiger partial charge in [0.15, 0.2) is 0 Å². The van der Waals surface area contributed by atoms with E-state index in [1.807, 2.05) is 17.5 Å². The monoisotopic (exact) mass is 326 g/mol. The molecule has 1 aromatic heterocycles. The van der Waals surface area contributed by atoms with Gasteiger partial charge < -0.3 is 0 Å². The van der Waals surface area contributed by atoms with Gasteiger partial charge in [-0.1, -0.05) is 11.6 Å². The lowest BCUT2D eigenvalue weighted by molar-refractivity contribution is 1.58. The molecule has 0 bridgehead atoms. The lowest BCUT2D eigenvalue weighted by atomic mass is 10.3. The quantitative estimate of drug-likeness (QED) is 0.537. The molecular formula is C8H4ClIS2. The largest absolute Gasteiger partial charge is 0.142 e. The molecule has 1 aromatic carbocycles. The first kappa shape index (κ1) is 9.12. The van der Waals surface area contributed by atoms with Crippen LogP contribution in [0.25, 0.3) is 10.1 Å². The molecule has 0 N–H and O–H groups in total. The van der Waals surface area contributed by atoms with Crippen LogP contribution in [0.15, 0.2) is 22.4 Å². The van der Waals surface area contributed by atoms with Gasteiger partial charge in [0.25, 0.3) is 0 Å². The smallest absolute Gasteiger partial charge is 0.0602 e. The Kier molecular flexibility index (Phi) is 2.56. The van der Waals surface area contributed by atoms with Gasteiger partial charge in [0, 0.05) is 19.2 Å². The Morgan fingerprint density at radius 2 is 2.17 bits per heavy atom. The number of hydrogen-bond donors (Lipinski definition) is 1. The average molecular weight is 327 g/mol. The molecule has 0 atom stereocenters. The van der Waals surface area contributed by atoms with Crippen LogP contribution >= 0.6 is 58.2 Å². The third-order valence-corrected chi connectivity index (χ3v) is 4.47. The van der Waals surface area contributed by atoms with Gasteiger partial charge in [-0.25, -0.2) is 0 Å². The van der Waals surface area contributed by atoms with E-state index in [0.717, 1.165) is 15.3 Å². The lowest BCUT2D eigenvalue weighted by Gasteiger charge is -1.97. The van der Waals surface area contributed by atoms with Crippen LogP contribution in [0.4, 0.5) is 0 Å². The summed E-state index contributed by atoms with van der Waals surface area (Å²) in [5, 5.41) is 3.92. The summed E-state index contributed by atoms with van der Waals surface area (Å²) in [6.07, 6.45) is 0. The van der Waals surface area contributed by atoms with Crippen molar-refractivity contribution in [3.05, 3.63) is 26.1 Å². The first-order valence-electron chi connectivity index (χ1n) is 3.24. The van der Waals surface area contributed by atoms with Crippen molar-refractivity contribution in [3.63, 3.8) is 0 Å². The molecule has 1 heterocycles. The van der Waals surface area contributed by atoms with E-state index in [9.17, 15) is 0 Å². The highest BCUT2D eigenvalue weighted by molar-refractivity contribution is 14.1. The normalized spacial score (nSPS) is 10.9. The van der Waals surface area contributed by atoms with Gasteiger partial charge in [0.2, 0.25) is 0 Å². The fraction of sp³-hybridized carbons (Fsp3) is 0. The molecule has 0 aliphatic heterocycles. The molecule has 0 fully saturated rings. The second kappa shape index (κ2) is 3.36. The zero-order valence-corrected chi connectivity index (χ0v) is 10.5. The molecule has 0 spiro atoms. The molecule has 0 saturated heterocycles. The van der Waals surface area contributed by atoms with E-state index in [1.165, 1.54) is 8.27 Å². The second-order valence-corrected chi connectivity index (χ2v) is 5.29. The number of hydrogen-bond acceptors (Lipinski definition) is 2. The van der Waals surface area contributed by atoms with Gasteiger partial charge in [-0.15, -0.1) is 24.0 Å². The SMILES string of the molecule is Sc1ccc(I)c2c(Cl)csc12. The van der Waals surface area contributed by atoms with Gasteiger partial charge in [-0.2, -0.15) is 0 Å². The van der Waals surface area contributed by atoms with Gasteiger partial charge in [-0.3, -0.25) is 0 Å². The van der Waals surface area contributed by atoms with Crippen LogP contribution in [0.5, 0.6) is 0 Å². The topological polar surface area (TPSA) is 0 Å². The summed E-state index contributed by atoms with van der Waals surface area (Å²) in [5.41, 5.74) is 0. The van der Waals surface area contributed by atoms with E-state index in [1.54, 1.807) is 11.3 Å². The molecule has 2 rings (SSSR count).